The molecule has 9 aromatic carbocycles. The van der Waals surface area contributed by atoms with Gasteiger partial charge in [0.15, 0.2) is 0 Å². The number of hydrogen-bond donors (Lipinski definition) is 0. The number of aryl methyl sites for hydroxylation is 3. The molecule has 0 saturated carbocycles. The number of hydrogen-bond acceptors (Lipinski definition) is 0. The summed E-state index contributed by atoms with van der Waals surface area (Å²) in [5.41, 5.74) is 19.7. The fourth-order valence-corrected chi connectivity index (χ4v) is 10.2. The topological polar surface area (TPSA) is 0 Å². The average Bonchev–Trinajstić information content (AvgIpc) is 3.58. The Morgan fingerprint density at radius 3 is 1.37 bits per heavy atom. The Morgan fingerprint density at radius 2 is 0.797 bits per heavy atom. The van der Waals surface area contributed by atoms with E-state index < -0.39 is 5.41 Å². The van der Waals surface area contributed by atoms with Crippen molar-refractivity contribution in [1.29, 1.82) is 0 Å². The highest BCUT2D eigenvalue weighted by atomic mass is 14.5. The van der Waals surface area contributed by atoms with Gasteiger partial charge in [0.1, 0.15) is 0 Å². The summed E-state index contributed by atoms with van der Waals surface area (Å²) in [6.07, 6.45) is 2.26. The van der Waals surface area contributed by atoms with E-state index in [1.54, 1.807) is 0 Å². The first-order valence-corrected chi connectivity index (χ1v) is 21.1. The van der Waals surface area contributed by atoms with Crippen LogP contribution in [0.1, 0.15) is 63.9 Å². The van der Waals surface area contributed by atoms with Gasteiger partial charge in [0.25, 0.3) is 0 Å². The molecule has 0 radical (unpaired) electrons. The fraction of sp³-hybridized carbons (Fsp3) is 0.119. The van der Waals surface area contributed by atoms with Gasteiger partial charge in [-0.1, -0.05) is 226 Å². The van der Waals surface area contributed by atoms with Crippen molar-refractivity contribution in [3.63, 3.8) is 0 Å². The zero-order chi connectivity index (χ0) is 40.0. The standard InChI is InChI=1S/C45H34.C14H14/c1-29-13-10-16-31(27-29)33-18-11-14-30-15-12-19-34(43(30)33)32-25-26-36-35-17-4-5-20-37(35)45(42(36)28-32)40-23-8-6-21-38(40)44(2,3)39-22-7-9-24-41(39)45;1-3-7-13(8-4-1)11-12-14-9-5-2-6-10-14/h4-28H,1-3H3;1-10H,11-12H2. The molecule has 0 heterocycles. The minimum Gasteiger partial charge on any atom is -0.0622 e. The summed E-state index contributed by atoms with van der Waals surface area (Å²) < 4.78 is 0. The minimum atomic E-state index is -0.394. The van der Waals surface area contributed by atoms with Crippen LogP contribution in [0.4, 0.5) is 0 Å². The molecule has 2 aliphatic rings. The third-order valence-electron chi connectivity index (χ3n) is 13.0. The summed E-state index contributed by atoms with van der Waals surface area (Å²) >= 11 is 0. The maximum absolute atomic E-state index is 2.52. The molecule has 0 unspecified atom stereocenters. The predicted molar refractivity (Wildman–Crippen MR) is 249 cm³/mol. The lowest BCUT2D eigenvalue weighted by atomic mass is 9.55. The van der Waals surface area contributed by atoms with E-state index in [9.17, 15) is 0 Å². The second kappa shape index (κ2) is 14.9. The number of rotatable bonds is 5. The molecule has 11 rings (SSSR count). The van der Waals surface area contributed by atoms with Crippen LogP contribution in [0.2, 0.25) is 0 Å². The lowest BCUT2D eigenvalue weighted by Crippen LogP contribution is -2.40. The Labute approximate surface area is 349 Å². The van der Waals surface area contributed by atoms with Crippen molar-refractivity contribution in [1.82, 2.24) is 0 Å². The molecule has 284 valence electrons. The van der Waals surface area contributed by atoms with Crippen molar-refractivity contribution in [2.45, 2.75) is 44.4 Å². The fourth-order valence-electron chi connectivity index (χ4n) is 10.2. The average molecular weight is 757 g/mol. The predicted octanol–water partition coefficient (Wildman–Crippen LogP) is 15.0. The third-order valence-corrected chi connectivity index (χ3v) is 13.0. The Hall–Kier alpha value is -6.76. The molecule has 0 heteroatoms. The number of benzene rings is 9. The second-order valence-electron chi connectivity index (χ2n) is 16.8. The molecule has 1 spiro atoms. The van der Waals surface area contributed by atoms with E-state index in [0.29, 0.717) is 0 Å². The monoisotopic (exact) mass is 756 g/mol. The van der Waals surface area contributed by atoms with Crippen molar-refractivity contribution < 1.29 is 0 Å². The van der Waals surface area contributed by atoms with Gasteiger partial charge >= 0.3 is 0 Å². The zero-order valence-corrected chi connectivity index (χ0v) is 34.1. The molecular weight excluding hydrogens is 709 g/mol. The van der Waals surface area contributed by atoms with Gasteiger partial charge < -0.3 is 0 Å². The maximum Gasteiger partial charge on any atom is 0.0719 e. The maximum atomic E-state index is 2.52. The van der Waals surface area contributed by atoms with Crippen molar-refractivity contribution in [2.75, 3.05) is 0 Å². The molecule has 0 aliphatic heterocycles. The largest absolute Gasteiger partial charge is 0.0719 e. The summed E-state index contributed by atoms with van der Waals surface area (Å²) in [7, 11) is 0. The van der Waals surface area contributed by atoms with Crippen molar-refractivity contribution in [2.24, 2.45) is 0 Å². The highest BCUT2D eigenvalue weighted by Gasteiger charge is 2.53. The van der Waals surface area contributed by atoms with E-state index in [1.807, 2.05) is 0 Å². The lowest BCUT2D eigenvalue weighted by molar-refractivity contribution is 0.563. The van der Waals surface area contributed by atoms with Gasteiger partial charge in [-0.25, -0.2) is 0 Å². The van der Waals surface area contributed by atoms with Gasteiger partial charge in [0, 0.05) is 5.41 Å². The molecule has 59 heavy (non-hydrogen) atoms. The molecular formula is C59H48. The molecule has 2 aliphatic carbocycles. The smallest absolute Gasteiger partial charge is 0.0622 e. The first-order chi connectivity index (χ1) is 28.9. The second-order valence-corrected chi connectivity index (χ2v) is 16.8. The van der Waals surface area contributed by atoms with Gasteiger partial charge in [0.2, 0.25) is 0 Å². The van der Waals surface area contributed by atoms with E-state index in [-0.39, 0.29) is 5.41 Å². The van der Waals surface area contributed by atoms with Crippen LogP contribution in [-0.4, -0.2) is 0 Å². The quantitative estimate of drug-likeness (QED) is 0.164. The van der Waals surface area contributed by atoms with Crippen LogP contribution in [0.3, 0.4) is 0 Å². The Bertz CT molecular complexity index is 2870. The summed E-state index contributed by atoms with van der Waals surface area (Å²) in [6, 6.07) is 78.4. The van der Waals surface area contributed by atoms with Crippen LogP contribution < -0.4 is 0 Å². The molecule has 0 aromatic heterocycles. The van der Waals surface area contributed by atoms with Crippen LogP contribution in [0.15, 0.2) is 212 Å². The van der Waals surface area contributed by atoms with E-state index >= 15 is 0 Å². The summed E-state index contributed by atoms with van der Waals surface area (Å²) in [5.74, 6) is 0. The van der Waals surface area contributed by atoms with E-state index in [2.05, 4.69) is 233 Å². The first-order valence-electron chi connectivity index (χ1n) is 21.1. The van der Waals surface area contributed by atoms with Crippen LogP contribution in [0.5, 0.6) is 0 Å². The SMILES string of the molecule is Cc1cccc(-c2cccc3cccc(-c4ccc5c(c4)C4(c6ccccc6-5)c5ccccc5C(C)(C)c5ccccc54)c23)c1.c1ccc(CCc2ccccc2)cc1. The lowest BCUT2D eigenvalue weighted by Gasteiger charge is -2.46. The summed E-state index contributed by atoms with van der Waals surface area (Å²) in [5, 5.41) is 2.57. The van der Waals surface area contributed by atoms with Crippen molar-refractivity contribution >= 4 is 10.8 Å². The molecule has 0 N–H and O–H groups in total. The number of fused-ring (bicyclic) bond motifs is 10. The molecule has 0 atom stereocenters. The molecule has 0 nitrogen and oxygen atoms in total. The highest BCUT2D eigenvalue weighted by Crippen LogP contribution is 2.62. The van der Waals surface area contributed by atoms with Crippen LogP contribution in [0.25, 0.3) is 44.2 Å². The molecule has 0 fully saturated rings. The molecule has 0 bridgehead atoms. The first kappa shape index (κ1) is 36.6. The van der Waals surface area contributed by atoms with Crippen LogP contribution in [-0.2, 0) is 23.7 Å². The molecule has 0 amide bonds. The van der Waals surface area contributed by atoms with Crippen molar-refractivity contribution in [3.05, 3.63) is 262 Å². The summed E-state index contributed by atoms with van der Waals surface area (Å²) in [6.45, 7) is 6.95. The third kappa shape index (κ3) is 6.14. The highest BCUT2D eigenvalue weighted by molar-refractivity contribution is 6.07. The Balaban J connectivity index is 0.000000255. The normalized spacial score (nSPS) is 13.7. The van der Waals surface area contributed by atoms with Gasteiger partial charge in [0.05, 0.1) is 5.41 Å². The van der Waals surface area contributed by atoms with E-state index in [4.69, 9.17) is 0 Å². The van der Waals surface area contributed by atoms with Crippen molar-refractivity contribution in [3.8, 4) is 33.4 Å². The zero-order valence-electron chi connectivity index (χ0n) is 34.1. The summed E-state index contributed by atoms with van der Waals surface area (Å²) in [4.78, 5) is 0. The van der Waals surface area contributed by atoms with Crippen LogP contribution in [0, 0.1) is 6.92 Å². The Morgan fingerprint density at radius 1 is 0.339 bits per heavy atom. The molecule has 9 aromatic rings. The van der Waals surface area contributed by atoms with Gasteiger partial charge in [-0.2, -0.15) is 0 Å². The van der Waals surface area contributed by atoms with Gasteiger partial charge in [-0.3, -0.25) is 0 Å². The van der Waals surface area contributed by atoms with Gasteiger partial charge in [-0.15, -0.1) is 0 Å². The molecule has 0 saturated heterocycles. The van der Waals surface area contributed by atoms with E-state index in [1.165, 1.54) is 94.2 Å². The van der Waals surface area contributed by atoms with Gasteiger partial charge in [-0.05, 0) is 114 Å². The Kier molecular flexibility index (Phi) is 9.22. The minimum absolute atomic E-state index is 0.105. The van der Waals surface area contributed by atoms with Crippen LogP contribution >= 0.6 is 0 Å². The van der Waals surface area contributed by atoms with E-state index in [0.717, 1.165) is 12.8 Å².